The van der Waals surface area contributed by atoms with Crippen molar-refractivity contribution in [3.05, 3.63) is 22.7 Å². The Morgan fingerprint density at radius 2 is 2.30 bits per heavy atom. The van der Waals surface area contributed by atoms with Crippen molar-refractivity contribution in [2.24, 2.45) is 0 Å². The quantitative estimate of drug-likeness (QED) is 0.939. The molecule has 0 aromatic carbocycles. The van der Waals surface area contributed by atoms with Gasteiger partial charge in [0.25, 0.3) is 5.91 Å². The molecule has 6 heteroatoms. The molecule has 0 aliphatic rings. The number of nitrogens with zero attached hydrogens (tertiary/aromatic N) is 2. The second-order valence-electron chi connectivity index (χ2n) is 4.87. The van der Waals surface area contributed by atoms with Gasteiger partial charge in [-0.15, -0.1) is 11.3 Å². The molecule has 0 spiro atoms. The van der Waals surface area contributed by atoms with Crippen LogP contribution in [-0.4, -0.2) is 42.6 Å². The highest BCUT2D eigenvalue weighted by Crippen LogP contribution is 2.35. The number of nitrogen functional groups attached to an aromatic ring is 1. The Labute approximate surface area is 122 Å². The number of likely N-dealkylation sites (N-methyl/N-ethyl adjacent to an activating group) is 1. The Bertz CT molecular complexity index is 639. The first kappa shape index (κ1) is 14.7. The van der Waals surface area contributed by atoms with Crippen molar-refractivity contribution in [3.63, 3.8) is 0 Å². The van der Waals surface area contributed by atoms with Gasteiger partial charge >= 0.3 is 0 Å². The predicted molar refractivity (Wildman–Crippen MR) is 82.2 cm³/mol. The van der Waals surface area contributed by atoms with Gasteiger partial charge in [-0.2, -0.15) is 0 Å². The van der Waals surface area contributed by atoms with E-state index >= 15 is 0 Å². The zero-order chi connectivity index (χ0) is 14.9. The molecule has 0 bridgehead atoms. The van der Waals surface area contributed by atoms with Gasteiger partial charge in [-0.1, -0.05) is 0 Å². The van der Waals surface area contributed by atoms with E-state index in [-0.39, 0.29) is 11.9 Å². The number of thiophene rings is 1. The van der Waals surface area contributed by atoms with E-state index < -0.39 is 0 Å². The maximum atomic E-state index is 12.5. The van der Waals surface area contributed by atoms with Crippen LogP contribution in [0.1, 0.15) is 22.2 Å². The van der Waals surface area contributed by atoms with E-state index in [1.807, 2.05) is 19.9 Å². The van der Waals surface area contributed by atoms with Crippen LogP contribution in [0.3, 0.4) is 0 Å². The summed E-state index contributed by atoms with van der Waals surface area (Å²) in [6, 6.07) is 1.89. The summed E-state index contributed by atoms with van der Waals surface area (Å²) in [5.74, 6) is -0.0885. The summed E-state index contributed by atoms with van der Waals surface area (Å²) < 4.78 is 5.08. The number of carbonyl (C=O) groups excluding carboxylic acids is 1. The minimum atomic E-state index is -0.0885. The minimum Gasteiger partial charge on any atom is -0.397 e. The summed E-state index contributed by atoms with van der Waals surface area (Å²) in [5.41, 5.74) is 7.71. The number of nitrogens with two attached hydrogens (primary N) is 1. The topological polar surface area (TPSA) is 68.5 Å². The lowest BCUT2D eigenvalue weighted by molar-refractivity contribution is 0.0639. The molecule has 108 valence electrons. The number of pyridine rings is 1. The molecule has 2 aromatic heterocycles. The van der Waals surface area contributed by atoms with Crippen LogP contribution >= 0.6 is 11.3 Å². The number of rotatable bonds is 4. The van der Waals surface area contributed by atoms with Crippen LogP contribution in [0.5, 0.6) is 0 Å². The highest BCUT2D eigenvalue weighted by molar-refractivity contribution is 7.21. The lowest BCUT2D eigenvalue weighted by atomic mass is 10.1. The number of hydrogen-bond acceptors (Lipinski definition) is 5. The average Bonchev–Trinajstić information content (AvgIpc) is 2.76. The first-order valence-electron chi connectivity index (χ1n) is 6.37. The van der Waals surface area contributed by atoms with Gasteiger partial charge in [0.2, 0.25) is 0 Å². The van der Waals surface area contributed by atoms with Gasteiger partial charge in [-0.25, -0.2) is 4.98 Å². The normalized spacial score (nSPS) is 12.6. The SMILES string of the molecule is COCC(C)N(C)C(=O)c1sc2nccc(C)c2c1N. The van der Waals surface area contributed by atoms with Gasteiger partial charge in [0, 0.05) is 25.7 Å². The second-order valence-corrected chi connectivity index (χ2v) is 5.87. The minimum absolute atomic E-state index is 0.00818. The number of carbonyl (C=O) groups is 1. The van der Waals surface area contributed by atoms with E-state index in [1.54, 1.807) is 25.3 Å². The molecule has 20 heavy (non-hydrogen) atoms. The largest absolute Gasteiger partial charge is 0.397 e. The third-order valence-corrected chi connectivity index (χ3v) is 4.52. The second kappa shape index (κ2) is 5.76. The van der Waals surface area contributed by atoms with Crippen molar-refractivity contribution in [1.29, 1.82) is 0 Å². The molecule has 2 aromatic rings. The molecule has 2 N–H and O–H groups in total. The van der Waals surface area contributed by atoms with E-state index in [4.69, 9.17) is 10.5 Å². The van der Waals surface area contributed by atoms with Crippen molar-refractivity contribution >= 4 is 33.1 Å². The van der Waals surface area contributed by atoms with Gasteiger partial charge in [0.15, 0.2) is 0 Å². The maximum Gasteiger partial charge on any atom is 0.266 e. The fraction of sp³-hybridized carbons (Fsp3) is 0.429. The monoisotopic (exact) mass is 293 g/mol. The predicted octanol–water partition coefficient (Wildman–Crippen LogP) is 2.29. The summed E-state index contributed by atoms with van der Waals surface area (Å²) >= 11 is 1.34. The summed E-state index contributed by atoms with van der Waals surface area (Å²) in [5, 5.41) is 0.883. The Morgan fingerprint density at radius 1 is 1.60 bits per heavy atom. The molecular weight excluding hydrogens is 274 g/mol. The standard InChI is InChI=1S/C14H19N3O2S/c1-8-5-6-16-13-10(8)11(15)12(20-13)14(18)17(3)9(2)7-19-4/h5-6,9H,7,15H2,1-4H3. The molecule has 0 radical (unpaired) electrons. The van der Waals surface area contributed by atoms with Gasteiger partial charge in [0.05, 0.1) is 18.3 Å². The third kappa shape index (κ3) is 2.48. The van der Waals surface area contributed by atoms with Gasteiger partial charge in [-0.3, -0.25) is 4.79 Å². The first-order valence-corrected chi connectivity index (χ1v) is 7.18. The maximum absolute atomic E-state index is 12.5. The van der Waals surface area contributed by atoms with E-state index in [0.717, 1.165) is 15.8 Å². The molecule has 5 nitrogen and oxygen atoms in total. The fourth-order valence-electron chi connectivity index (χ4n) is 2.08. The number of ether oxygens (including phenoxy) is 1. The Hall–Kier alpha value is -1.66. The van der Waals surface area contributed by atoms with Crippen molar-refractivity contribution in [2.45, 2.75) is 19.9 Å². The number of amides is 1. The third-order valence-electron chi connectivity index (χ3n) is 3.42. The number of hydrogen-bond donors (Lipinski definition) is 1. The van der Waals surface area contributed by atoms with Crippen molar-refractivity contribution < 1.29 is 9.53 Å². The van der Waals surface area contributed by atoms with Crippen LogP contribution in [0.15, 0.2) is 12.3 Å². The summed E-state index contributed by atoms with van der Waals surface area (Å²) in [6.45, 7) is 4.40. The highest BCUT2D eigenvalue weighted by Gasteiger charge is 2.23. The highest BCUT2D eigenvalue weighted by atomic mass is 32.1. The Balaban J connectivity index is 2.40. The number of methoxy groups -OCH3 is 1. The Morgan fingerprint density at radius 3 is 2.90 bits per heavy atom. The van der Waals surface area contributed by atoms with Crippen LogP contribution in [0.25, 0.3) is 10.2 Å². The molecule has 2 heterocycles. The number of fused-ring (bicyclic) bond motifs is 1. The van der Waals surface area contributed by atoms with Crippen LogP contribution in [-0.2, 0) is 4.74 Å². The first-order chi connectivity index (χ1) is 9.47. The molecule has 0 fully saturated rings. The molecular formula is C14H19N3O2S. The smallest absolute Gasteiger partial charge is 0.266 e. The lowest BCUT2D eigenvalue weighted by Crippen LogP contribution is -2.37. The molecule has 2 rings (SSSR count). The van der Waals surface area contributed by atoms with Crippen molar-refractivity contribution in [1.82, 2.24) is 9.88 Å². The molecule has 1 atom stereocenters. The van der Waals surface area contributed by atoms with E-state index in [9.17, 15) is 4.79 Å². The van der Waals surface area contributed by atoms with Crippen LogP contribution < -0.4 is 5.73 Å². The van der Waals surface area contributed by atoms with Crippen LogP contribution in [0.4, 0.5) is 5.69 Å². The van der Waals surface area contributed by atoms with E-state index in [0.29, 0.717) is 17.2 Å². The fourth-order valence-corrected chi connectivity index (χ4v) is 3.20. The summed E-state index contributed by atoms with van der Waals surface area (Å²) in [6.07, 6.45) is 1.74. The van der Waals surface area contributed by atoms with Crippen molar-refractivity contribution in [2.75, 3.05) is 26.5 Å². The number of aryl methyl sites for hydroxylation is 1. The van der Waals surface area contributed by atoms with E-state index in [2.05, 4.69) is 4.98 Å². The van der Waals surface area contributed by atoms with Crippen LogP contribution in [0, 0.1) is 6.92 Å². The number of aromatic nitrogens is 1. The molecule has 1 unspecified atom stereocenters. The molecule has 0 saturated carbocycles. The molecule has 0 aliphatic heterocycles. The molecule has 0 saturated heterocycles. The number of anilines is 1. The lowest BCUT2D eigenvalue weighted by Gasteiger charge is -2.23. The zero-order valence-corrected chi connectivity index (χ0v) is 13.0. The molecule has 1 amide bonds. The van der Waals surface area contributed by atoms with Gasteiger partial charge in [0.1, 0.15) is 9.71 Å². The zero-order valence-electron chi connectivity index (χ0n) is 12.1. The summed E-state index contributed by atoms with van der Waals surface area (Å²) in [4.78, 5) is 19.8. The van der Waals surface area contributed by atoms with Gasteiger partial charge < -0.3 is 15.4 Å². The average molecular weight is 293 g/mol. The van der Waals surface area contributed by atoms with Crippen molar-refractivity contribution in [3.8, 4) is 0 Å². The molecule has 0 aliphatic carbocycles. The summed E-state index contributed by atoms with van der Waals surface area (Å²) in [7, 11) is 3.38. The van der Waals surface area contributed by atoms with Crippen LogP contribution in [0.2, 0.25) is 0 Å². The Kier molecular flexibility index (Phi) is 4.25. The van der Waals surface area contributed by atoms with E-state index in [1.165, 1.54) is 11.3 Å². The van der Waals surface area contributed by atoms with Gasteiger partial charge in [-0.05, 0) is 25.5 Å².